The summed E-state index contributed by atoms with van der Waals surface area (Å²) in [4.78, 5) is 0. The molecule has 17 heavy (non-hydrogen) atoms. The molecule has 94 valence electrons. The topological polar surface area (TPSA) is 47.3 Å². The summed E-state index contributed by atoms with van der Waals surface area (Å²) in [6.45, 7) is 3.66. The number of nitrogens with one attached hydrogen (secondary N) is 1. The Labute approximate surface area is 107 Å². The molecule has 0 aromatic heterocycles. The lowest BCUT2D eigenvalue weighted by molar-refractivity contribution is 0.0536. The van der Waals surface area contributed by atoms with Crippen LogP contribution in [0.15, 0.2) is 18.2 Å². The Kier molecular flexibility index (Phi) is 4.40. The van der Waals surface area contributed by atoms with E-state index in [0.717, 1.165) is 36.6 Å². The smallest absolute Gasteiger partial charge is 0.0504 e. The maximum atomic E-state index is 6.30. The van der Waals surface area contributed by atoms with Crippen molar-refractivity contribution < 1.29 is 4.74 Å². The van der Waals surface area contributed by atoms with Crippen molar-refractivity contribution in [1.29, 1.82) is 0 Å². The van der Waals surface area contributed by atoms with E-state index in [-0.39, 0.29) is 6.04 Å². The molecule has 2 rings (SSSR count). The molecule has 0 saturated carbocycles. The molecule has 1 saturated heterocycles. The molecule has 0 aliphatic carbocycles. The number of aryl methyl sites for hydroxylation is 1. The largest absolute Gasteiger partial charge is 0.381 e. The van der Waals surface area contributed by atoms with Crippen molar-refractivity contribution in [3.05, 3.63) is 34.3 Å². The molecule has 0 amide bonds. The number of benzene rings is 1. The van der Waals surface area contributed by atoms with E-state index in [1.54, 1.807) is 0 Å². The van der Waals surface area contributed by atoms with E-state index < -0.39 is 0 Å². The van der Waals surface area contributed by atoms with Gasteiger partial charge in [-0.15, -0.1) is 0 Å². The third kappa shape index (κ3) is 2.99. The zero-order valence-corrected chi connectivity index (χ0v) is 10.8. The van der Waals surface area contributed by atoms with Crippen molar-refractivity contribution in [3.8, 4) is 0 Å². The Morgan fingerprint density at radius 3 is 2.71 bits per heavy atom. The van der Waals surface area contributed by atoms with Gasteiger partial charge in [-0.25, -0.2) is 0 Å². The van der Waals surface area contributed by atoms with Crippen molar-refractivity contribution >= 4 is 11.6 Å². The molecule has 1 aliphatic rings. The zero-order chi connectivity index (χ0) is 12.3. The molecular formula is C13H19ClN2O. The summed E-state index contributed by atoms with van der Waals surface area (Å²) in [5, 5.41) is 0.791. The van der Waals surface area contributed by atoms with Crippen LogP contribution in [0.4, 0.5) is 0 Å². The predicted molar refractivity (Wildman–Crippen MR) is 69.8 cm³/mol. The summed E-state index contributed by atoms with van der Waals surface area (Å²) in [5.41, 5.74) is 5.17. The second-order valence-corrected chi connectivity index (χ2v) is 5.03. The van der Waals surface area contributed by atoms with Crippen LogP contribution in [0, 0.1) is 12.8 Å². The molecule has 3 nitrogen and oxygen atoms in total. The van der Waals surface area contributed by atoms with Crippen molar-refractivity contribution in [2.24, 2.45) is 11.8 Å². The van der Waals surface area contributed by atoms with Gasteiger partial charge in [-0.1, -0.05) is 23.7 Å². The lowest BCUT2D eigenvalue weighted by Crippen LogP contribution is -2.36. The Hall–Kier alpha value is -0.610. The average Bonchev–Trinajstić information content (AvgIpc) is 2.34. The normalized spacial score (nSPS) is 19.2. The van der Waals surface area contributed by atoms with E-state index in [0.29, 0.717) is 5.92 Å². The third-order valence-corrected chi connectivity index (χ3v) is 3.74. The minimum Gasteiger partial charge on any atom is -0.381 e. The van der Waals surface area contributed by atoms with Gasteiger partial charge in [-0.2, -0.15) is 0 Å². The summed E-state index contributed by atoms with van der Waals surface area (Å²) in [6.07, 6.45) is 2.05. The zero-order valence-electron chi connectivity index (χ0n) is 10.1. The number of rotatable bonds is 3. The first kappa shape index (κ1) is 12.8. The first-order valence-electron chi connectivity index (χ1n) is 6.02. The van der Waals surface area contributed by atoms with Crippen molar-refractivity contribution in [1.82, 2.24) is 5.43 Å². The maximum Gasteiger partial charge on any atom is 0.0504 e. The van der Waals surface area contributed by atoms with Gasteiger partial charge in [0.15, 0.2) is 0 Å². The van der Waals surface area contributed by atoms with Crippen LogP contribution in [0.1, 0.15) is 30.0 Å². The van der Waals surface area contributed by atoms with Crippen LogP contribution in [-0.2, 0) is 4.74 Å². The standard InChI is InChI=1S/C13H19ClN2O/c1-9-2-3-11(12(14)8-9)13(16-15)10-4-6-17-7-5-10/h2-3,8,10,13,16H,4-7,15H2,1H3. The van der Waals surface area contributed by atoms with Crippen LogP contribution in [0.5, 0.6) is 0 Å². The molecule has 1 heterocycles. The molecule has 1 aliphatic heterocycles. The molecule has 1 aromatic rings. The Morgan fingerprint density at radius 2 is 2.12 bits per heavy atom. The van der Waals surface area contributed by atoms with E-state index in [2.05, 4.69) is 17.6 Å². The summed E-state index contributed by atoms with van der Waals surface area (Å²) in [5.74, 6) is 6.19. The number of halogens is 1. The van der Waals surface area contributed by atoms with Crippen LogP contribution < -0.4 is 11.3 Å². The molecule has 1 aromatic carbocycles. The number of ether oxygens (including phenoxy) is 1. The highest BCUT2D eigenvalue weighted by Gasteiger charge is 2.25. The maximum absolute atomic E-state index is 6.30. The highest BCUT2D eigenvalue weighted by atomic mass is 35.5. The Balaban J connectivity index is 2.21. The minimum absolute atomic E-state index is 0.118. The van der Waals surface area contributed by atoms with E-state index in [4.69, 9.17) is 22.2 Å². The van der Waals surface area contributed by atoms with Crippen molar-refractivity contribution in [2.45, 2.75) is 25.8 Å². The lowest BCUT2D eigenvalue weighted by Gasteiger charge is -2.30. The molecule has 1 atom stereocenters. The number of hydrogen-bond acceptors (Lipinski definition) is 3. The Morgan fingerprint density at radius 1 is 1.41 bits per heavy atom. The molecule has 1 fully saturated rings. The van der Waals surface area contributed by atoms with E-state index >= 15 is 0 Å². The van der Waals surface area contributed by atoms with E-state index in [1.165, 1.54) is 5.56 Å². The molecule has 3 N–H and O–H groups in total. The predicted octanol–water partition coefficient (Wildman–Crippen LogP) is 2.58. The second kappa shape index (κ2) is 5.83. The number of hydrazine groups is 1. The highest BCUT2D eigenvalue weighted by Crippen LogP contribution is 2.33. The van der Waals surface area contributed by atoms with Gasteiger partial charge in [-0.05, 0) is 42.9 Å². The second-order valence-electron chi connectivity index (χ2n) is 4.62. The first-order chi connectivity index (χ1) is 8.22. The van der Waals surface area contributed by atoms with Gasteiger partial charge >= 0.3 is 0 Å². The van der Waals surface area contributed by atoms with Crippen LogP contribution >= 0.6 is 11.6 Å². The SMILES string of the molecule is Cc1ccc(C(NN)C2CCOCC2)c(Cl)c1. The summed E-state index contributed by atoms with van der Waals surface area (Å²) >= 11 is 6.30. The number of nitrogens with two attached hydrogens (primary N) is 1. The monoisotopic (exact) mass is 254 g/mol. The summed E-state index contributed by atoms with van der Waals surface area (Å²) < 4.78 is 5.38. The van der Waals surface area contributed by atoms with Crippen LogP contribution in [0.3, 0.4) is 0 Å². The third-order valence-electron chi connectivity index (χ3n) is 3.41. The van der Waals surface area contributed by atoms with Gasteiger partial charge < -0.3 is 4.74 Å². The molecule has 0 spiro atoms. The number of hydrogen-bond donors (Lipinski definition) is 2. The average molecular weight is 255 g/mol. The van der Waals surface area contributed by atoms with Crippen LogP contribution in [-0.4, -0.2) is 13.2 Å². The van der Waals surface area contributed by atoms with Crippen LogP contribution in [0.25, 0.3) is 0 Å². The summed E-state index contributed by atoms with van der Waals surface area (Å²) in [6, 6.07) is 6.25. The fourth-order valence-corrected chi connectivity index (χ4v) is 2.77. The fourth-order valence-electron chi connectivity index (χ4n) is 2.41. The molecule has 1 unspecified atom stereocenters. The van der Waals surface area contributed by atoms with Crippen molar-refractivity contribution in [3.63, 3.8) is 0 Å². The summed E-state index contributed by atoms with van der Waals surface area (Å²) in [7, 11) is 0. The molecule has 0 radical (unpaired) electrons. The highest BCUT2D eigenvalue weighted by molar-refractivity contribution is 6.31. The minimum atomic E-state index is 0.118. The molecular weight excluding hydrogens is 236 g/mol. The van der Waals surface area contributed by atoms with Gasteiger partial charge in [0, 0.05) is 18.2 Å². The van der Waals surface area contributed by atoms with Gasteiger partial charge in [0.25, 0.3) is 0 Å². The Bertz CT molecular complexity index is 378. The molecule has 4 heteroatoms. The van der Waals surface area contributed by atoms with E-state index in [1.807, 2.05) is 13.0 Å². The lowest BCUT2D eigenvalue weighted by atomic mass is 9.87. The van der Waals surface area contributed by atoms with E-state index in [9.17, 15) is 0 Å². The fraction of sp³-hybridized carbons (Fsp3) is 0.538. The van der Waals surface area contributed by atoms with Crippen LogP contribution in [0.2, 0.25) is 5.02 Å². The van der Waals surface area contributed by atoms with Gasteiger partial charge in [0.05, 0.1) is 6.04 Å². The van der Waals surface area contributed by atoms with Gasteiger partial charge in [0.1, 0.15) is 0 Å². The van der Waals surface area contributed by atoms with Crippen molar-refractivity contribution in [2.75, 3.05) is 13.2 Å². The quantitative estimate of drug-likeness (QED) is 0.644. The van der Waals surface area contributed by atoms with Gasteiger partial charge in [0.2, 0.25) is 0 Å². The molecule has 0 bridgehead atoms. The van der Waals surface area contributed by atoms with Gasteiger partial charge in [-0.3, -0.25) is 11.3 Å². The first-order valence-corrected chi connectivity index (χ1v) is 6.40.